The van der Waals surface area contributed by atoms with Crippen LogP contribution in [0.3, 0.4) is 0 Å². The van der Waals surface area contributed by atoms with Gasteiger partial charge in [-0.3, -0.25) is 4.98 Å². The third-order valence-corrected chi connectivity index (χ3v) is 3.65. The predicted octanol–water partition coefficient (Wildman–Crippen LogP) is 4.86. The van der Waals surface area contributed by atoms with Gasteiger partial charge in [0.2, 0.25) is 0 Å². The van der Waals surface area contributed by atoms with Crippen molar-refractivity contribution in [1.29, 1.82) is 0 Å². The molecule has 1 nitrogen and oxygen atoms in total. The van der Waals surface area contributed by atoms with Crippen LogP contribution in [-0.2, 0) is 0 Å². The van der Waals surface area contributed by atoms with Gasteiger partial charge in [0, 0.05) is 11.8 Å². The number of hydrogen-bond acceptors (Lipinski definition) is 1. The molecule has 0 aliphatic rings. The van der Waals surface area contributed by atoms with E-state index in [0.717, 1.165) is 5.56 Å². The maximum atomic E-state index is 4.11. The average Bonchev–Trinajstić information content (AvgIpc) is 2.53. The lowest BCUT2D eigenvalue weighted by Gasteiger charge is -2.08. The van der Waals surface area contributed by atoms with E-state index in [0.29, 0.717) is 0 Å². The number of nitrogens with zero attached hydrogens (tertiary/aromatic N) is 1. The number of rotatable bonds is 1. The summed E-state index contributed by atoms with van der Waals surface area (Å²) in [4.78, 5) is 4.11. The minimum Gasteiger partial charge on any atom is -0.254 e. The average molecular weight is 254 g/mol. The molecular formula is C19H12N. The van der Waals surface area contributed by atoms with E-state index in [2.05, 4.69) is 71.8 Å². The van der Waals surface area contributed by atoms with Crippen LogP contribution in [0, 0.1) is 6.20 Å². The van der Waals surface area contributed by atoms with Gasteiger partial charge in [0.1, 0.15) is 0 Å². The highest BCUT2D eigenvalue weighted by Gasteiger charge is 2.05. The summed E-state index contributed by atoms with van der Waals surface area (Å²) < 4.78 is 0. The highest BCUT2D eigenvalue weighted by molar-refractivity contribution is 6.04. The van der Waals surface area contributed by atoms with Crippen LogP contribution in [0.5, 0.6) is 0 Å². The summed E-state index contributed by atoms with van der Waals surface area (Å²) in [5, 5.41) is 5.03. The van der Waals surface area contributed by atoms with Crippen LogP contribution in [0.1, 0.15) is 0 Å². The van der Waals surface area contributed by atoms with E-state index in [4.69, 9.17) is 0 Å². The van der Waals surface area contributed by atoms with E-state index >= 15 is 0 Å². The van der Waals surface area contributed by atoms with Crippen molar-refractivity contribution in [3.63, 3.8) is 0 Å². The van der Waals surface area contributed by atoms with Crippen molar-refractivity contribution < 1.29 is 0 Å². The zero-order valence-corrected chi connectivity index (χ0v) is 10.9. The SMILES string of the molecule is [c]1ncccc1-c1cccc2cc3ccccc3cc12. The predicted molar refractivity (Wildman–Crippen MR) is 83.5 cm³/mol. The molecule has 20 heavy (non-hydrogen) atoms. The molecule has 0 unspecified atom stereocenters. The zero-order chi connectivity index (χ0) is 13.4. The topological polar surface area (TPSA) is 12.9 Å². The Morgan fingerprint density at radius 3 is 2.30 bits per heavy atom. The maximum absolute atomic E-state index is 4.11. The number of hydrogen-bond donors (Lipinski definition) is 0. The molecule has 0 aliphatic carbocycles. The normalized spacial score (nSPS) is 11.0. The largest absolute Gasteiger partial charge is 0.254 e. The van der Waals surface area contributed by atoms with Crippen molar-refractivity contribution in [1.82, 2.24) is 4.98 Å². The van der Waals surface area contributed by atoms with Gasteiger partial charge in [-0.15, -0.1) is 0 Å². The molecule has 0 spiro atoms. The van der Waals surface area contributed by atoms with E-state index < -0.39 is 0 Å². The molecule has 0 saturated carbocycles. The van der Waals surface area contributed by atoms with Crippen LogP contribution < -0.4 is 0 Å². The zero-order valence-electron chi connectivity index (χ0n) is 10.9. The molecule has 4 rings (SSSR count). The lowest BCUT2D eigenvalue weighted by molar-refractivity contribution is 1.31. The summed E-state index contributed by atoms with van der Waals surface area (Å²) in [7, 11) is 0. The molecule has 93 valence electrons. The molecule has 0 saturated heterocycles. The van der Waals surface area contributed by atoms with Gasteiger partial charge in [-0.25, -0.2) is 0 Å². The molecule has 1 heteroatoms. The highest BCUT2D eigenvalue weighted by atomic mass is 14.6. The van der Waals surface area contributed by atoms with Crippen LogP contribution in [0.2, 0.25) is 0 Å². The lowest BCUT2D eigenvalue weighted by atomic mass is 9.96. The van der Waals surface area contributed by atoms with Crippen molar-refractivity contribution in [2.75, 3.05) is 0 Å². The lowest BCUT2D eigenvalue weighted by Crippen LogP contribution is -1.83. The summed E-state index contributed by atoms with van der Waals surface area (Å²) >= 11 is 0. The molecule has 1 aromatic heterocycles. The number of fused-ring (bicyclic) bond motifs is 2. The first kappa shape index (κ1) is 11.2. The van der Waals surface area contributed by atoms with Crippen molar-refractivity contribution >= 4 is 21.5 Å². The monoisotopic (exact) mass is 254 g/mol. The Morgan fingerprint density at radius 1 is 0.700 bits per heavy atom. The Labute approximate surface area is 117 Å². The molecule has 0 bridgehead atoms. The molecule has 1 radical (unpaired) electrons. The molecule has 1 heterocycles. The molecule has 0 atom stereocenters. The number of pyridine rings is 1. The summed E-state index contributed by atoms with van der Waals surface area (Å²) in [6.45, 7) is 0. The smallest absolute Gasteiger partial charge is 0.0970 e. The molecule has 0 fully saturated rings. The van der Waals surface area contributed by atoms with Gasteiger partial charge in [-0.1, -0.05) is 48.5 Å². The fourth-order valence-corrected chi connectivity index (χ4v) is 2.68. The van der Waals surface area contributed by atoms with Gasteiger partial charge >= 0.3 is 0 Å². The standard InChI is InChI=1S/C19H12N/c1-2-6-15-12-19-16(11-14(15)5-1)7-3-9-18(19)17-8-4-10-20-13-17/h1-12H. The van der Waals surface area contributed by atoms with Gasteiger partial charge < -0.3 is 0 Å². The quantitative estimate of drug-likeness (QED) is 0.442. The second-order valence-electron chi connectivity index (χ2n) is 4.89. The van der Waals surface area contributed by atoms with Crippen LogP contribution in [0.25, 0.3) is 32.7 Å². The fraction of sp³-hybridized carbons (Fsp3) is 0. The molecule has 4 aromatic rings. The Bertz CT molecular complexity index is 895. The van der Waals surface area contributed by atoms with E-state index in [1.54, 1.807) is 6.20 Å². The Kier molecular flexibility index (Phi) is 2.49. The molecular weight excluding hydrogens is 242 g/mol. The Balaban J connectivity index is 2.09. The third-order valence-electron chi connectivity index (χ3n) is 3.65. The third kappa shape index (κ3) is 1.76. The molecule has 0 aliphatic heterocycles. The van der Waals surface area contributed by atoms with Crippen LogP contribution in [-0.4, -0.2) is 4.98 Å². The van der Waals surface area contributed by atoms with Crippen molar-refractivity contribution in [3.8, 4) is 11.1 Å². The second kappa shape index (κ2) is 4.46. The van der Waals surface area contributed by atoms with Crippen molar-refractivity contribution in [2.45, 2.75) is 0 Å². The van der Waals surface area contributed by atoms with Crippen molar-refractivity contribution in [2.24, 2.45) is 0 Å². The van der Waals surface area contributed by atoms with Crippen LogP contribution >= 0.6 is 0 Å². The summed E-state index contributed by atoms with van der Waals surface area (Å²) in [6, 6.07) is 23.3. The van der Waals surface area contributed by atoms with E-state index in [-0.39, 0.29) is 0 Å². The first-order valence-electron chi connectivity index (χ1n) is 6.66. The first-order valence-corrected chi connectivity index (χ1v) is 6.66. The highest BCUT2D eigenvalue weighted by Crippen LogP contribution is 2.31. The fourth-order valence-electron chi connectivity index (χ4n) is 2.68. The summed E-state index contributed by atoms with van der Waals surface area (Å²) in [5.41, 5.74) is 2.22. The van der Waals surface area contributed by atoms with Gasteiger partial charge in [0.05, 0.1) is 6.20 Å². The summed E-state index contributed by atoms with van der Waals surface area (Å²) in [5.74, 6) is 0. The minimum absolute atomic E-state index is 1.04. The Morgan fingerprint density at radius 2 is 1.50 bits per heavy atom. The first-order chi connectivity index (χ1) is 9.92. The van der Waals surface area contributed by atoms with Gasteiger partial charge in [0.25, 0.3) is 0 Å². The van der Waals surface area contributed by atoms with Gasteiger partial charge in [0.15, 0.2) is 0 Å². The molecule has 0 N–H and O–H groups in total. The summed E-state index contributed by atoms with van der Waals surface area (Å²) in [6.07, 6.45) is 4.83. The minimum atomic E-state index is 1.04. The number of aromatic nitrogens is 1. The van der Waals surface area contributed by atoms with E-state index in [9.17, 15) is 0 Å². The van der Waals surface area contributed by atoms with E-state index in [1.165, 1.54) is 27.1 Å². The number of benzene rings is 3. The van der Waals surface area contributed by atoms with E-state index in [1.807, 2.05) is 6.07 Å². The van der Waals surface area contributed by atoms with Gasteiger partial charge in [-0.05, 0) is 45.3 Å². The van der Waals surface area contributed by atoms with Crippen molar-refractivity contribution in [3.05, 3.63) is 79.1 Å². The Hall–Kier alpha value is -2.67. The van der Waals surface area contributed by atoms with Gasteiger partial charge in [-0.2, -0.15) is 0 Å². The van der Waals surface area contributed by atoms with Crippen LogP contribution in [0.4, 0.5) is 0 Å². The maximum Gasteiger partial charge on any atom is 0.0970 e. The molecule has 3 aromatic carbocycles. The van der Waals surface area contributed by atoms with Crippen LogP contribution in [0.15, 0.2) is 72.9 Å². The second-order valence-corrected chi connectivity index (χ2v) is 4.89. The molecule has 0 amide bonds.